The first kappa shape index (κ1) is 14.3. The first-order valence-electron chi connectivity index (χ1n) is 6.07. The van der Waals surface area contributed by atoms with Crippen molar-refractivity contribution in [3.05, 3.63) is 53.0 Å². The van der Waals surface area contributed by atoms with E-state index in [4.69, 9.17) is 0 Å². The third kappa shape index (κ3) is 3.26. The molecule has 0 aliphatic carbocycles. The van der Waals surface area contributed by atoms with Crippen LogP contribution in [0, 0.1) is 13.8 Å². The number of rotatable bonds is 3. The minimum atomic E-state index is -4.36. The maximum absolute atomic E-state index is 12.9. The number of hydrogen-bond donors (Lipinski definition) is 1. The number of aromatic nitrogens is 2. The second-order valence-corrected chi connectivity index (χ2v) is 4.45. The van der Waals surface area contributed by atoms with E-state index in [0.29, 0.717) is 17.2 Å². The highest BCUT2D eigenvalue weighted by atomic mass is 19.4. The predicted octanol–water partition coefficient (Wildman–Crippen LogP) is 3.72. The molecule has 0 fully saturated rings. The van der Waals surface area contributed by atoms with Gasteiger partial charge in [0.1, 0.15) is 5.82 Å². The Hall–Kier alpha value is -2.11. The minimum Gasteiger partial charge on any atom is -0.364 e. The van der Waals surface area contributed by atoms with Crippen LogP contribution in [0.4, 0.5) is 19.0 Å². The van der Waals surface area contributed by atoms with Crippen molar-refractivity contribution < 1.29 is 13.2 Å². The summed E-state index contributed by atoms with van der Waals surface area (Å²) in [5.74, 6) is 0.502. The van der Waals surface area contributed by atoms with Gasteiger partial charge < -0.3 is 5.32 Å². The number of nitrogens with one attached hydrogen (secondary N) is 1. The molecule has 3 nitrogen and oxygen atoms in total. The summed E-state index contributed by atoms with van der Waals surface area (Å²) in [6, 6.07) is 5.49. The molecular formula is C14H14F3N3. The molecular weight excluding hydrogens is 267 g/mol. The van der Waals surface area contributed by atoms with Crippen LogP contribution >= 0.6 is 0 Å². The third-order valence-corrected chi connectivity index (χ3v) is 2.84. The van der Waals surface area contributed by atoms with E-state index in [9.17, 15) is 13.2 Å². The second-order valence-electron chi connectivity index (χ2n) is 4.45. The molecule has 1 heterocycles. The van der Waals surface area contributed by atoms with Crippen LogP contribution in [0.5, 0.6) is 0 Å². The first-order chi connectivity index (χ1) is 9.38. The lowest BCUT2D eigenvalue weighted by Gasteiger charge is -2.14. The van der Waals surface area contributed by atoms with E-state index < -0.39 is 11.7 Å². The highest BCUT2D eigenvalue weighted by Gasteiger charge is 2.32. The van der Waals surface area contributed by atoms with Crippen LogP contribution in [0.2, 0.25) is 0 Å². The van der Waals surface area contributed by atoms with Gasteiger partial charge >= 0.3 is 6.18 Å². The van der Waals surface area contributed by atoms with Crippen LogP contribution in [0.1, 0.15) is 22.5 Å². The summed E-state index contributed by atoms with van der Waals surface area (Å²) in [6.45, 7) is 3.58. The Morgan fingerprint density at radius 2 is 1.85 bits per heavy atom. The molecule has 0 amide bonds. The molecule has 1 aromatic heterocycles. The second kappa shape index (κ2) is 5.48. The number of aryl methyl sites for hydroxylation is 2. The van der Waals surface area contributed by atoms with Crippen LogP contribution < -0.4 is 5.32 Å². The predicted molar refractivity (Wildman–Crippen MR) is 70.3 cm³/mol. The molecule has 106 valence electrons. The standard InChI is InChI=1S/C14H14F3N3/c1-9-7-18-10(2)13(20-9)19-8-11-5-3-4-6-12(11)14(15,16)17/h3-7H,8H2,1-2H3,(H,19,20). The van der Waals surface area contributed by atoms with Crippen molar-refractivity contribution in [3.63, 3.8) is 0 Å². The molecule has 2 aromatic rings. The van der Waals surface area contributed by atoms with Gasteiger partial charge in [0.25, 0.3) is 0 Å². The molecule has 0 spiro atoms. The Bertz CT molecular complexity index is 609. The normalized spacial score (nSPS) is 11.4. The van der Waals surface area contributed by atoms with Gasteiger partial charge in [-0.3, -0.25) is 4.98 Å². The maximum atomic E-state index is 12.9. The van der Waals surface area contributed by atoms with Crippen molar-refractivity contribution in [2.45, 2.75) is 26.6 Å². The van der Waals surface area contributed by atoms with E-state index in [1.165, 1.54) is 12.1 Å². The Morgan fingerprint density at radius 3 is 2.55 bits per heavy atom. The Labute approximate surface area is 114 Å². The smallest absolute Gasteiger partial charge is 0.364 e. The molecule has 1 N–H and O–H groups in total. The zero-order chi connectivity index (χ0) is 14.8. The molecule has 0 bridgehead atoms. The zero-order valence-corrected chi connectivity index (χ0v) is 11.1. The number of benzene rings is 1. The van der Waals surface area contributed by atoms with Crippen molar-refractivity contribution in [2.24, 2.45) is 0 Å². The van der Waals surface area contributed by atoms with Crippen molar-refractivity contribution in [1.29, 1.82) is 0 Å². The summed E-state index contributed by atoms with van der Waals surface area (Å²) in [5, 5.41) is 2.91. The lowest BCUT2D eigenvalue weighted by molar-refractivity contribution is -0.138. The summed E-state index contributed by atoms with van der Waals surface area (Å²) in [6.07, 6.45) is -2.74. The van der Waals surface area contributed by atoms with E-state index in [1.54, 1.807) is 26.1 Å². The van der Waals surface area contributed by atoms with Gasteiger partial charge in [0.05, 0.1) is 17.0 Å². The van der Waals surface area contributed by atoms with E-state index >= 15 is 0 Å². The number of nitrogens with zero attached hydrogens (tertiary/aromatic N) is 2. The van der Waals surface area contributed by atoms with Gasteiger partial charge in [-0.1, -0.05) is 18.2 Å². The van der Waals surface area contributed by atoms with Gasteiger partial charge in [-0.15, -0.1) is 0 Å². The molecule has 0 radical (unpaired) electrons. The summed E-state index contributed by atoms with van der Waals surface area (Å²) >= 11 is 0. The van der Waals surface area contributed by atoms with E-state index in [2.05, 4.69) is 15.3 Å². The van der Waals surface area contributed by atoms with Gasteiger partial charge in [0.2, 0.25) is 0 Å². The maximum Gasteiger partial charge on any atom is 0.416 e. The van der Waals surface area contributed by atoms with Crippen molar-refractivity contribution >= 4 is 5.82 Å². The molecule has 0 saturated carbocycles. The van der Waals surface area contributed by atoms with Gasteiger partial charge in [-0.2, -0.15) is 13.2 Å². The number of anilines is 1. The molecule has 0 atom stereocenters. The Balaban J connectivity index is 2.21. The molecule has 1 aromatic carbocycles. The largest absolute Gasteiger partial charge is 0.416 e. The van der Waals surface area contributed by atoms with Crippen molar-refractivity contribution in [2.75, 3.05) is 5.32 Å². The SMILES string of the molecule is Cc1cnc(C)c(NCc2ccccc2C(F)(F)F)n1. The fourth-order valence-corrected chi connectivity index (χ4v) is 1.83. The van der Waals surface area contributed by atoms with Crippen LogP contribution in [0.25, 0.3) is 0 Å². The molecule has 0 saturated heterocycles. The minimum absolute atomic E-state index is 0.0503. The van der Waals surface area contributed by atoms with E-state index in [1.807, 2.05) is 0 Å². The van der Waals surface area contributed by atoms with Crippen LogP contribution in [-0.4, -0.2) is 9.97 Å². The molecule has 0 aliphatic heterocycles. The monoisotopic (exact) mass is 281 g/mol. The van der Waals surface area contributed by atoms with Crippen molar-refractivity contribution in [1.82, 2.24) is 9.97 Å². The average molecular weight is 281 g/mol. The van der Waals surface area contributed by atoms with Crippen LogP contribution in [0.3, 0.4) is 0 Å². The van der Waals surface area contributed by atoms with Crippen LogP contribution in [-0.2, 0) is 12.7 Å². The summed E-state index contributed by atoms with van der Waals surface area (Å²) < 4.78 is 38.6. The van der Waals surface area contributed by atoms with E-state index in [-0.39, 0.29) is 12.1 Å². The molecule has 2 rings (SSSR count). The molecule has 20 heavy (non-hydrogen) atoms. The van der Waals surface area contributed by atoms with Crippen LogP contribution in [0.15, 0.2) is 30.5 Å². The van der Waals surface area contributed by atoms with Crippen molar-refractivity contribution in [3.8, 4) is 0 Å². The average Bonchev–Trinajstić information content (AvgIpc) is 2.39. The zero-order valence-electron chi connectivity index (χ0n) is 11.1. The molecule has 0 aliphatic rings. The number of alkyl halides is 3. The van der Waals surface area contributed by atoms with Gasteiger partial charge in [-0.05, 0) is 25.5 Å². The van der Waals surface area contributed by atoms with Gasteiger partial charge in [0, 0.05) is 12.7 Å². The van der Waals surface area contributed by atoms with Gasteiger partial charge in [-0.25, -0.2) is 4.98 Å². The molecule has 0 unspecified atom stereocenters. The fraction of sp³-hybridized carbons (Fsp3) is 0.286. The number of hydrogen-bond acceptors (Lipinski definition) is 3. The quantitative estimate of drug-likeness (QED) is 0.931. The Kier molecular flexibility index (Phi) is 3.92. The summed E-state index contributed by atoms with van der Waals surface area (Å²) in [5.41, 5.74) is 0.913. The molecule has 6 heteroatoms. The summed E-state index contributed by atoms with van der Waals surface area (Å²) in [4.78, 5) is 8.34. The lowest BCUT2D eigenvalue weighted by atomic mass is 10.1. The third-order valence-electron chi connectivity index (χ3n) is 2.84. The summed E-state index contributed by atoms with van der Waals surface area (Å²) in [7, 11) is 0. The lowest BCUT2D eigenvalue weighted by Crippen LogP contribution is -2.12. The fourth-order valence-electron chi connectivity index (χ4n) is 1.83. The number of halogens is 3. The first-order valence-corrected chi connectivity index (χ1v) is 6.07. The van der Waals surface area contributed by atoms with Gasteiger partial charge in [0.15, 0.2) is 0 Å². The highest BCUT2D eigenvalue weighted by molar-refractivity contribution is 5.41. The Morgan fingerprint density at radius 1 is 1.15 bits per heavy atom. The highest BCUT2D eigenvalue weighted by Crippen LogP contribution is 2.32. The topological polar surface area (TPSA) is 37.8 Å². The van der Waals surface area contributed by atoms with E-state index in [0.717, 1.165) is 6.07 Å².